The Morgan fingerprint density at radius 1 is 1.24 bits per heavy atom. The van der Waals surface area contributed by atoms with E-state index in [1.807, 2.05) is 19.1 Å². The van der Waals surface area contributed by atoms with Crippen molar-refractivity contribution in [1.82, 2.24) is 34.3 Å². The predicted octanol–water partition coefficient (Wildman–Crippen LogP) is 2.09. The Morgan fingerprint density at radius 2 is 2.08 bits per heavy atom. The molecule has 0 saturated heterocycles. The fourth-order valence-corrected chi connectivity index (χ4v) is 2.96. The number of fused-ring (bicyclic) bond motifs is 1. The molecule has 0 atom stereocenters. The molecule has 0 saturated carbocycles. The van der Waals surface area contributed by atoms with E-state index >= 15 is 0 Å². The molecule has 4 rings (SSSR count). The largest absolute Gasteiger partial charge is 0.383 e. The fraction of sp³-hybridized carbons (Fsp3) is 0.133. The van der Waals surface area contributed by atoms with Gasteiger partial charge in [-0.1, -0.05) is 0 Å². The highest BCUT2D eigenvalue weighted by molar-refractivity contribution is 9.10. The molecule has 25 heavy (non-hydrogen) atoms. The first-order valence-corrected chi connectivity index (χ1v) is 8.13. The first-order valence-electron chi connectivity index (χ1n) is 7.33. The number of pyridine rings is 1. The summed E-state index contributed by atoms with van der Waals surface area (Å²) >= 11 is 3.41. The van der Waals surface area contributed by atoms with Crippen LogP contribution in [0.2, 0.25) is 0 Å². The normalized spacial score (nSPS) is 11.3. The van der Waals surface area contributed by atoms with Crippen LogP contribution in [0.5, 0.6) is 0 Å². The van der Waals surface area contributed by atoms with E-state index in [1.54, 1.807) is 0 Å². The number of halogens is 2. The Kier molecular flexibility index (Phi) is 3.68. The minimum atomic E-state index is -0.431. The van der Waals surface area contributed by atoms with Gasteiger partial charge in [-0.3, -0.25) is 0 Å². The second kappa shape index (κ2) is 5.88. The number of nitrogens with zero attached hydrogens (tertiary/aromatic N) is 7. The standard InChI is InChI=1S/C15H12BrFN8/c1-8-11(13(18)25-15(22-8)19-7-21-25)4-10-2-3-12(16)14(23-10)24-6-9(17)5-20-24/h2-3,5-7H,4,18H2,1H3. The molecule has 0 spiro atoms. The van der Waals surface area contributed by atoms with Crippen LogP contribution in [0, 0.1) is 12.7 Å². The van der Waals surface area contributed by atoms with Gasteiger partial charge in [0.1, 0.15) is 12.1 Å². The molecule has 4 aromatic heterocycles. The van der Waals surface area contributed by atoms with Gasteiger partial charge in [-0.15, -0.1) is 0 Å². The van der Waals surface area contributed by atoms with E-state index in [-0.39, 0.29) is 0 Å². The number of hydrogen-bond donors (Lipinski definition) is 1. The molecule has 126 valence electrons. The zero-order valence-corrected chi connectivity index (χ0v) is 14.6. The van der Waals surface area contributed by atoms with Crippen molar-refractivity contribution < 1.29 is 4.39 Å². The zero-order chi connectivity index (χ0) is 17.6. The first-order chi connectivity index (χ1) is 12.0. The van der Waals surface area contributed by atoms with Gasteiger partial charge in [0.15, 0.2) is 11.6 Å². The molecule has 4 aromatic rings. The van der Waals surface area contributed by atoms with Crippen LogP contribution in [0.4, 0.5) is 10.2 Å². The molecule has 0 radical (unpaired) electrons. The zero-order valence-electron chi connectivity index (χ0n) is 13.1. The maximum absolute atomic E-state index is 13.2. The highest BCUT2D eigenvalue weighted by atomic mass is 79.9. The average molecular weight is 403 g/mol. The van der Waals surface area contributed by atoms with Gasteiger partial charge >= 0.3 is 0 Å². The average Bonchev–Trinajstić information content (AvgIpc) is 3.22. The van der Waals surface area contributed by atoms with Gasteiger partial charge in [0.2, 0.25) is 0 Å². The molecule has 2 N–H and O–H groups in total. The summed E-state index contributed by atoms with van der Waals surface area (Å²) < 4.78 is 16.8. The number of anilines is 1. The van der Waals surface area contributed by atoms with Crippen molar-refractivity contribution in [2.24, 2.45) is 0 Å². The molecule has 4 heterocycles. The van der Waals surface area contributed by atoms with Crippen LogP contribution in [-0.4, -0.2) is 34.3 Å². The fourth-order valence-electron chi connectivity index (χ4n) is 2.56. The Labute approximate surface area is 149 Å². The Hall–Kier alpha value is -2.88. The summed E-state index contributed by atoms with van der Waals surface area (Å²) in [6.45, 7) is 1.86. The molecule has 8 nitrogen and oxygen atoms in total. The number of aryl methyl sites for hydroxylation is 1. The molecule has 0 bridgehead atoms. The van der Waals surface area contributed by atoms with Gasteiger partial charge in [-0.2, -0.15) is 19.7 Å². The highest BCUT2D eigenvalue weighted by Crippen LogP contribution is 2.23. The van der Waals surface area contributed by atoms with Crippen molar-refractivity contribution >= 4 is 27.5 Å². The minimum Gasteiger partial charge on any atom is -0.383 e. The molecule has 0 unspecified atom stereocenters. The van der Waals surface area contributed by atoms with E-state index in [0.29, 0.717) is 28.3 Å². The van der Waals surface area contributed by atoms with Gasteiger partial charge < -0.3 is 5.73 Å². The van der Waals surface area contributed by atoms with Crippen molar-refractivity contribution in [2.45, 2.75) is 13.3 Å². The van der Waals surface area contributed by atoms with Gasteiger partial charge in [-0.05, 0) is 35.0 Å². The summed E-state index contributed by atoms with van der Waals surface area (Å²) in [5, 5.41) is 8.03. The van der Waals surface area contributed by atoms with E-state index in [0.717, 1.165) is 23.1 Å². The van der Waals surface area contributed by atoms with E-state index in [1.165, 1.54) is 21.7 Å². The van der Waals surface area contributed by atoms with Crippen molar-refractivity contribution in [2.75, 3.05) is 5.73 Å². The summed E-state index contributed by atoms with van der Waals surface area (Å²) in [5.74, 6) is 0.985. The second-order valence-corrected chi connectivity index (χ2v) is 6.28. The number of nitrogen functional groups attached to an aromatic ring is 1. The lowest BCUT2D eigenvalue weighted by atomic mass is 10.1. The van der Waals surface area contributed by atoms with Crippen LogP contribution in [0.25, 0.3) is 11.6 Å². The predicted molar refractivity (Wildman–Crippen MR) is 91.8 cm³/mol. The molecule has 0 fully saturated rings. The number of nitrogens with two attached hydrogens (primary N) is 1. The summed E-state index contributed by atoms with van der Waals surface area (Å²) in [6.07, 6.45) is 4.25. The van der Waals surface area contributed by atoms with Crippen LogP contribution in [0.3, 0.4) is 0 Å². The van der Waals surface area contributed by atoms with Gasteiger partial charge in [-0.25, -0.2) is 19.0 Å². The van der Waals surface area contributed by atoms with Crippen LogP contribution < -0.4 is 5.73 Å². The van der Waals surface area contributed by atoms with Crippen molar-refractivity contribution in [1.29, 1.82) is 0 Å². The number of aromatic nitrogens is 7. The minimum absolute atomic E-state index is 0.431. The lowest BCUT2D eigenvalue weighted by Gasteiger charge is -2.11. The molecule has 0 amide bonds. The number of hydrogen-bond acceptors (Lipinski definition) is 6. The topological polar surface area (TPSA) is 99.8 Å². The summed E-state index contributed by atoms with van der Waals surface area (Å²) in [4.78, 5) is 13.0. The van der Waals surface area contributed by atoms with Crippen molar-refractivity contribution in [3.8, 4) is 5.82 Å². The third kappa shape index (κ3) is 2.74. The molecule has 0 aliphatic carbocycles. The lowest BCUT2D eigenvalue weighted by molar-refractivity contribution is 0.626. The maximum Gasteiger partial charge on any atom is 0.254 e. The molecular weight excluding hydrogens is 391 g/mol. The van der Waals surface area contributed by atoms with Gasteiger partial charge in [0.05, 0.1) is 16.9 Å². The summed E-state index contributed by atoms with van der Waals surface area (Å²) in [6, 6.07) is 3.70. The third-order valence-corrected chi connectivity index (χ3v) is 4.40. The molecule has 0 aromatic carbocycles. The van der Waals surface area contributed by atoms with Crippen LogP contribution in [0.15, 0.2) is 35.3 Å². The molecule has 10 heteroatoms. The van der Waals surface area contributed by atoms with Gasteiger partial charge in [0, 0.05) is 23.4 Å². The van der Waals surface area contributed by atoms with E-state index < -0.39 is 5.82 Å². The SMILES string of the molecule is Cc1nc2ncnn2c(N)c1Cc1ccc(Br)c(-n2cc(F)cn2)n1. The quantitative estimate of drug-likeness (QED) is 0.563. The smallest absolute Gasteiger partial charge is 0.254 e. The second-order valence-electron chi connectivity index (χ2n) is 5.42. The summed E-state index contributed by atoms with van der Waals surface area (Å²) in [5.41, 5.74) is 8.52. The molecule has 0 aliphatic rings. The monoisotopic (exact) mass is 402 g/mol. The van der Waals surface area contributed by atoms with Crippen molar-refractivity contribution in [3.63, 3.8) is 0 Å². The van der Waals surface area contributed by atoms with E-state index in [4.69, 9.17) is 5.73 Å². The number of rotatable bonds is 3. The van der Waals surface area contributed by atoms with E-state index in [2.05, 4.69) is 41.1 Å². The Morgan fingerprint density at radius 3 is 2.84 bits per heavy atom. The maximum atomic E-state index is 13.2. The van der Waals surface area contributed by atoms with Crippen LogP contribution >= 0.6 is 15.9 Å². The van der Waals surface area contributed by atoms with Crippen LogP contribution in [0.1, 0.15) is 17.0 Å². The van der Waals surface area contributed by atoms with E-state index in [9.17, 15) is 4.39 Å². The summed E-state index contributed by atoms with van der Waals surface area (Å²) in [7, 11) is 0. The molecule has 0 aliphatic heterocycles. The lowest BCUT2D eigenvalue weighted by Crippen LogP contribution is -2.10. The first kappa shape index (κ1) is 15.6. The highest BCUT2D eigenvalue weighted by Gasteiger charge is 2.14. The van der Waals surface area contributed by atoms with Crippen LogP contribution in [-0.2, 0) is 6.42 Å². The third-order valence-electron chi connectivity index (χ3n) is 3.78. The molecular formula is C15H12BrFN8. The van der Waals surface area contributed by atoms with Crippen molar-refractivity contribution in [3.05, 3.63) is 58.1 Å². The Bertz CT molecular complexity index is 1090. The van der Waals surface area contributed by atoms with Gasteiger partial charge in [0.25, 0.3) is 5.78 Å². The Balaban J connectivity index is 1.77.